The third kappa shape index (κ3) is 10.8. The number of aromatic nitrogens is 1. The highest BCUT2D eigenvalue weighted by Gasteiger charge is 2.32. The summed E-state index contributed by atoms with van der Waals surface area (Å²) in [5.41, 5.74) is 1.67. The molecule has 1 aliphatic heterocycles. The minimum absolute atomic E-state index is 0.104. The number of hydrogen-bond donors (Lipinski definition) is 5. The number of amides is 6. The monoisotopic (exact) mass is 691 g/mol. The van der Waals surface area contributed by atoms with Gasteiger partial charge >= 0.3 is 0 Å². The van der Waals surface area contributed by atoms with E-state index >= 15 is 0 Å². The molecule has 2 aromatic carbocycles. The molecule has 0 saturated carbocycles. The van der Waals surface area contributed by atoms with E-state index in [1.165, 1.54) is 30.2 Å². The molecule has 13 nitrogen and oxygen atoms in total. The van der Waals surface area contributed by atoms with Gasteiger partial charge in [0.1, 0.15) is 24.2 Å². The largest absolute Gasteiger partial charge is 0.355 e. The minimum atomic E-state index is -1.05. The quantitative estimate of drug-likeness (QED) is 0.249. The molecule has 0 unspecified atom stereocenters. The summed E-state index contributed by atoms with van der Waals surface area (Å²) in [6, 6.07) is 12.8. The smallest absolute Gasteiger partial charge is 0.245 e. The lowest BCUT2D eigenvalue weighted by Crippen LogP contribution is -2.59. The molecule has 0 aliphatic carbocycles. The Morgan fingerprint density at radius 3 is 2.39 bits per heavy atom. The number of hydrogen-bond acceptors (Lipinski definition) is 8. The zero-order valence-electron chi connectivity index (χ0n) is 28.3. The minimum Gasteiger partial charge on any atom is -0.355 e. The highest BCUT2D eigenvalue weighted by atomic mass is 32.1. The molecule has 1 aliphatic rings. The molecular formula is C35H45N7O6S. The Kier molecular flexibility index (Phi) is 13.2. The van der Waals surface area contributed by atoms with E-state index in [0.717, 1.165) is 20.8 Å². The molecule has 6 amide bonds. The number of benzene rings is 2. The first kappa shape index (κ1) is 37.0. The lowest BCUT2D eigenvalue weighted by Gasteiger charge is -2.28. The van der Waals surface area contributed by atoms with Gasteiger partial charge in [0.05, 0.1) is 21.8 Å². The zero-order valence-corrected chi connectivity index (χ0v) is 29.1. The number of para-hydroxylation sites is 1. The molecule has 1 aromatic heterocycles. The SMILES string of the molecule is CC(C)[C@H]1NC(=O)[C@@H](NC(=O)CCc2nc3ccccc3s2)CCCNC(=O)CN(C)C(=O)[C@H](Cc2ccccc2)NC(=O)[C@@H](C)NC1=O. The first-order chi connectivity index (χ1) is 23.4. The van der Waals surface area contributed by atoms with Crippen LogP contribution in [-0.2, 0) is 41.6 Å². The van der Waals surface area contributed by atoms with Gasteiger partial charge in [-0.1, -0.05) is 56.3 Å². The molecule has 0 spiro atoms. The number of aryl methyl sites for hydroxylation is 1. The third-order valence-electron chi connectivity index (χ3n) is 8.20. The lowest BCUT2D eigenvalue weighted by atomic mass is 10.0. The summed E-state index contributed by atoms with van der Waals surface area (Å²) in [7, 11) is 1.48. The Morgan fingerprint density at radius 1 is 0.959 bits per heavy atom. The van der Waals surface area contributed by atoms with Crippen molar-refractivity contribution >= 4 is 57.0 Å². The van der Waals surface area contributed by atoms with E-state index in [1.54, 1.807) is 13.8 Å². The Bertz CT molecular complexity index is 1610. The fraction of sp³-hybridized carbons (Fsp3) is 0.457. The fourth-order valence-electron chi connectivity index (χ4n) is 5.44. The van der Waals surface area contributed by atoms with Crippen molar-refractivity contribution in [2.75, 3.05) is 20.1 Å². The second-order valence-corrected chi connectivity index (χ2v) is 13.7. The van der Waals surface area contributed by atoms with Crippen LogP contribution in [-0.4, -0.2) is 89.6 Å². The summed E-state index contributed by atoms with van der Waals surface area (Å²) < 4.78 is 1.02. The van der Waals surface area contributed by atoms with E-state index in [9.17, 15) is 28.8 Å². The first-order valence-electron chi connectivity index (χ1n) is 16.5. The normalized spacial score (nSPS) is 22.1. The number of nitrogens with one attached hydrogen (secondary N) is 5. The number of carbonyl (C=O) groups is 6. The molecule has 0 bridgehead atoms. The molecule has 3 aromatic rings. The Hall–Kier alpha value is -4.85. The molecule has 1 saturated heterocycles. The Labute approximate surface area is 290 Å². The molecular weight excluding hydrogens is 646 g/mol. The molecule has 4 rings (SSSR count). The third-order valence-corrected chi connectivity index (χ3v) is 9.30. The van der Waals surface area contributed by atoms with Gasteiger partial charge in [-0.05, 0) is 43.4 Å². The van der Waals surface area contributed by atoms with Crippen LogP contribution in [0.5, 0.6) is 0 Å². The van der Waals surface area contributed by atoms with Crippen LogP contribution < -0.4 is 26.6 Å². The molecule has 49 heavy (non-hydrogen) atoms. The summed E-state index contributed by atoms with van der Waals surface area (Å²) in [5.74, 6) is -3.33. The summed E-state index contributed by atoms with van der Waals surface area (Å²) in [4.78, 5) is 85.4. The van der Waals surface area contributed by atoms with Crippen molar-refractivity contribution in [1.82, 2.24) is 36.5 Å². The van der Waals surface area contributed by atoms with Gasteiger partial charge in [-0.3, -0.25) is 28.8 Å². The zero-order chi connectivity index (χ0) is 35.5. The first-order valence-corrected chi connectivity index (χ1v) is 17.3. The average molecular weight is 692 g/mol. The molecule has 1 fully saturated rings. The highest BCUT2D eigenvalue weighted by Crippen LogP contribution is 2.22. The summed E-state index contributed by atoms with van der Waals surface area (Å²) in [6.07, 6.45) is 1.19. The van der Waals surface area contributed by atoms with Crippen molar-refractivity contribution in [2.24, 2.45) is 5.92 Å². The Balaban J connectivity index is 1.48. The van der Waals surface area contributed by atoms with E-state index < -0.39 is 53.7 Å². The van der Waals surface area contributed by atoms with E-state index in [4.69, 9.17) is 0 Å². The maximum absolute atomic E-state index is 13.6. The van der Waals surface area contributed by atoms with Gasteiger partial charge in [0.2, 0.25) is 35.4 Å². The van der Waals surface area contributed by atoms with E-state index in [2.05, 4.69) is 31.6 Å². The number of carbonyl (C=O) groups excluding carboxylic acids is 6. The van der Waals surface area contributed by atoms with Crippen molar-refractivity contribution < 1.29 is 28.8 Å². The molecule has 14 heteroatoms. The van der Waals surface area contributed by atoms with Gasteiger partial charge in [-0.25, -0.2) is 4.98 Å². The maximum Gasteiger partial charge on any atom is 0.245 e. The van der Waals surface area contributed by atoms with Crippen LogP contribution in [0, 0.1) is 5.92 Å². The molecule has 5 N–H and O–H groups in total. The summed E-state index contributed by atoms with van der Waals surface area (Å²) in [6.45, 7) is 4.93. The Morgan fingerprint density at radius 2 is 1.67 bits per heavy atom. The topological polar surface area (TPSA) is 179 Å². The molecule has 0 radical (unpaired) electrons. The number of nitrogens with zero attached hydrogens (tertiary/aromatic N) is 2. The fourth-order valence-corrected chi connectivity index (χ4v) is 6.40. The maximum atomic E-state index is 13.6. The number of rotatable bonds is 7. The molecule has 2 heterocycles. The van der Waals surface area contributed by atoms with Gasteiger partial charge in [0, 0.05) is 32.9 Å². The van der Waals surface area contributed by atoms with E-state index in [0.29, 0.717) is 12.8 Å². The van der Waals surface area contributed by atoms with Gasteiger partial charge < -0.3 is 31.5 Å². The predicted molar refractivity (Wildman–Crippen MR) is 186 cm³/mol. The van der Waals surface area contributed by atoms with Crippen LogP contribution in [0.1, 0.15) is 50.6 Å². The summed E-state index contributed by atoms with van der Waals surface area (Å²) >= 11 is 1.51. The number of thiazole rings is 1. The number of likely N-dealkylation sites (N-methyl/N-ethyl adjacent to an activating group) is 1. The van der Waals surface area contributed by atoms with Crippen LogP contribution >= 0.6 is 11.3 Å². The summed E-state index contributed by atoms with van der Waals surface area (Å²) in [5, 5.41) is 14.5. The lowest BCUT2D eigenvalue weighted by molar-refractivity contribution is -0.139. The standard InChI is InChI=1S/C35H45N7O6S/c1-21(2)31-34(47)37-22(3)32(45)40-26(19-23-11-6-5-7-12-23)35(48)42(4)20-29(44)36-18-10-14-25(33(46)41-31)38-28(43)16-17-30-39-24-13-8-9-15-27(24)49-30/h5-9,11-13,15,21-22,25-26,31H,10,14,16-20H2,1-4H3,(H,36,44)(H,37,47)(H,38,43)(H,40,45)(H,41,46)/t22-,25+,26+,31-/m1/s1. The van der Waals surface area contributed by atoms with Crippen molar-refractivity contribution in [3.63, 3.8) is 0 Å². The van der Waals surface area contributed by atoms with Gasteiger partial charge in [0.15, 0.2) is 0 Å². The second-order valence-electron chi connectivity index (χ2n) is 12.6. The van der Waals surface area contributed by atoms with Crippen molar-refractivity contribution in [2.45, 2.75) is 77.0 Å². The van der Waals surface area contributed by atoms with Gasteiger partial charge in [0.25, 0.3) is 0 Å². The van der Waals surface area contributed by atoms with Crippen LogP contribution in [0.25, 0.3) is 10.2 Å². The van der Waals surface area contributed by atoms with E-state index in [1.807, 2.05) is 54.6 Å². The van der Waals surface area contributed by atoms with Crippen LogP contribution in [0.2, 0.25) is 0 Å². The van der Waals surface area contributed by atoms with Crippen LogP contribution in [0.4, 0.5) is 0 Å². The van der Waals surface area contributed by atoms with Crippen molar-refractivity contribution in [3.8, 4) is 0 Å². The van der Waals surface area contributed by atoms with Crippen molar-refractivity contribution in [3.05, 3.63) is 65.2 Å². The van der Waals surface area contributed by atoms with Crippen LogP contribution in [0.3, 0.4) is 0 Å². The molecule has 4 atom stereocenters. The predicted octanol–water partition coefficient (Wildman–Crippen LogP) is 1.46. The van der Waals surface area contributed by atoms with Gasteiger partial charge in [-0.2, -0.15) is 0 Å². The highest BCUT2D eigenvalue weighted by molar-refractivity contribution is 7.18. The van der Waals surface area contributed by atoms with Crippen molar-refractivity contribution in [1.29, 1.82) is 0 Å². The number of fused-ring (bicyclic) bond motifs is 1. The van der Waals surface area contributed by atoms with Crippen LogP contribution in [0.15, 0.2) is 54.6 Å². The second kappa shape index (κ2) is 17.5. The van der Waals surface area contributed by atoms with Gasteiger partial charge in [-0.15, -0.1) is 11.3 Å². The molecule has 262 valence electrons. The van der Waals surface area contributed by atoms with E-state index in [-0.39, 0.29) is 44.2 Å². The average Bonchev–Trinajstić information content (AvgIpc) is 3.49.